The van der Waals surface area contributed by atoms with Crippen LogP contribution in [0, 0.1) is 0 Å². The van der Waals surface area contributed by atoms with Gasteiger partial charge in [-0.25, -0.2) is 9.48 Å². The fraction of sp³-hybridized carbons (Fsp3) is 0.360. The molecule has 1 aliphatic heterocycles. The van der Waals surface area contributed by atoms with Crippen LogP contribution in [0.1, 0.15) is 38.2 Å². The van der Waals surface area contributed by atoms with Crippen LogP contribution >= 0.6 is 23.8 Å². The van der Waals surface area contributed by atoms with Crippen molar-refractivity contribution in [2.24, 2.45) is 0 Å². The lowest BCUT2D eigenvalue weighted by Gasteiger charge is -2.32. The number of carbonyl (C=O) groups excluding carboxylic acids is 1. The molecule has 2 aromatic carbocycles. The van der Waals surface area contributed by atoms with Gasteiger partial charge in [-0.3, -0.25) is 5.32 Å². The Balaban J connectivity index is 1.31. The average Bonchev–Trinajstić information content (AvgIpc) is 3.34. The molecular formula is C25H27ClF3N7O2S. The normalized spacial score (nSPS) is 15.7. The summed E-state index contributed by atoms with van der Waals surface area (Å²) >= 11 is 11.5. The first-order valence-corrected chi connectivity index (χ1v) is 13.0. The van der Waals surface area contributed by atoms with Crippen LogP contribution in [0.4, 0.5) is 29.6 Å². The number of aromatic nitrogens is 3. The van der Waals surface area contributed by atoms with Gasteiger partial charge in [-0.2, -0.15) is 4.98 Å². The number of hydrogen-bond acceptors (Lipinski definition) is 6. The van der Waals surface area contributed by atoms with Crippen molar-refractivity contribution in [3.63, 3.8) is 0 Å². The molecule has 1 atom stereocenters. The van der Waals surface area contributed by atoms with Crippen molar-refractivity contribution in [3.05, 3.63) is 59.4 Å². The topological polar surface area (TPSA) is 96.3 Å². The molecule has 0 aliphatic carbocycles. The number of benzene rings is 2. The van der Waals surface area contributed by atoms with Gasteiger partial charge >= 0.3 is 12.4 Å². The van der Waals surface area contributed by atoms with E-state index in [-0.39, 0.29) is 22.8 Å². The average molecular weight is 582 g/mol. The summed E-state index contributed by atoms with van der Waals surface area (Å²) in [6, 6.07) is 10.2. The van der Waals surface area contributed by atoms with Gasteiger partial charge in [0.25, 0.3) is 0 Å². The Kier molecular flexibility index (Phi) is 8.80. The summed E-state index contributed by atoms with van der Waals surface area (Å²) in [7, 11) is 0. The van der Waals surface area contributed by atoms with Crippen molar-refractivity contribution in [2.75, 3.05) is 23.3 Å². The maximum Gasteiger partial charge on any atom is 0.573 e. The molecule has 39 heavy (non-hydrogen) atoms. The van der Waals surface area contributed by atoms with Crippen molar-refractivity contribution < 1.29 is 22.7 Å². The third-order valence-electron chi connectivity index (χ3n) is 5.97. The highest BCUT2D eigenvalue weighted by atomic mass is 35.5. The van der Waals surface area contributed by atoms with Crippen LogP contribution in [0.15, 0.2) is 48.8 Å². The predicted molar refractivity (Wildman–Crippen MR) is 147 cm³/mol. The van der Waals surface area contributed by atoms with Gasteiger partial charge in [0, 0.05) is 29.8 Å². The molecular weight excluding hydrogens is 555 g/mol. The molecule has 2 amide bonds. The number of nitrogens with zero attached hydrogens (tertiary/aromatic N) is 4. The van der Waals surface area contributed by atoms with E-state index >= 15 is 0 Å². The number of ether oxygens (including phenoxy) is 1. The van der Waals surface area contributed by atoms with Gasteiger partial charge in [-0.1, -0.05) is 31.5 Å². The van der Waals surface area contributed by atoms with E-state index in [4.69, 9.17) is 23.8 Å². The van der Waals surface area contributed by atoms with Crippen molar-refractivity contribution in [1.82, 2.24) is 25.4 Å². The van der Waals surface area contributed by atoms with E-state index in [1.165, 1.54) is 35.3 Å². The summed E-state index contributed by atoms with van der Waals surface area (Å²) < 4.78 is 42.5. The van der Waals surface area contributed by atoms with Gasteiger partial charge in [-0.05, 0) is 72.9 Å². The summed E-state index contributed by atoms with van der Waals surface area (Å²) in [6.45, 7) is 5.26. The number of rotatable bonds is 6. The minimum Gasteiger partial charge on any atom is -0.406 e. The molecule has 1 saturated heterocycles. The molecule has 1 aromatic heterocycles. The molecule has 3 aromatic rings. The van der Waals surface area contributed by atoms with E-state index in [1.54, 1.807) is 12.1 Å². The molecule has 1 aliphatic rings. The van der Waals surface area contributed by atoms with E-state index in [0.717, 1.165) is 24.1 Å². The molecule has 208 valence electrons. The second-order valence-corrected chi connectivity index (χ2v) is 10.1. The van der Waals surface area contributed by atoms with E-state index in [0.29, 0.717) is 29.7 Å². The van der Waals surface area contributed by atoms with Crippen molar-refractivity contribution in [3.8, 4) is 11.4 Å². The number of piperidine rings is 1. The zero-order chi connectivity index (χ0) is 28.2. The van der Waals surface area contributed by atoms with E-state index in [1.807, 2.05) is 24.8 Å². The maximum absolute atomic E-state index is 12.6. The summed E-state index contributed by atoms with van der Waals surface area (Å²) in [4.78, 5) is 18.9. The van der Waals surface area contributed by atoms with Crippen LogP contribution in [0.2, 0.25) is 5.02 Å². The van der Waals surface area contributed by atoms with Crippen LogP contribution in [0.25, 0.3) is 5.69 Å². The van der Waals surface area contributed by atoms with Gasteiger partial charge in [0.15, 0.2) is 5.11 Å². The van der Waals surface area contributed by atoms with Crippen LogP contribution in [0.5, 0.6) is 5.75 Å². The van der Waals surface area contributed by atoms with Gasteiger partial charge < -0.3 is 20.3 Å². The first-order valence-electron chi connectivity index (χ1n) is 12.2. The minimum atomic E-state index is -4.76. The quantitative estimate of drug-likeness (QED) is 0.326. The SMILES string of the molecule is CC(C)c1ccc(Cl)cc1NC(=S)NC(=O)NC1CCCN(c2ncn(-c3ccc(OC(F)(F)F)cc3)n2)C1. The van der Waals surface area contributed by atoms with Gasteiger partial charge in [0.05, 0.1) is 5.69 Å². The Morgan fingerprint density at radius 1 is 1.21 bits per heavy atom. The molecule has 1 unspecified atom stereocenters. The lowest BCUT2D eigenvalue weighted by atomic mass is 10.0. The summed E-state index contributed by atoms with van der Waals surface area (Å²) in [5.41, 5.74) is 2.27. The third-order valence-corrected chi connectivity index (χ3v) is 6.41. The van der Waals surface area contributed by atoms with E-state index in [9.17, 15) is 18.0 Å². The van der Waals surface area contributed by atoms with Crippen LogP contribution in [-0.4, -0.2) is 51.4 Å². The van der Waals surface area contributed by atoms with Crippen LogP contribution < -0.4 is 25.6 Å². The molecule has 0 saturated carbocycles. The molecule has 0 spiro atoms. The lowest BCUT2D eigenvalue weighted by Crippen LogP contribution is -2.52. The monoisotopic (exact) mass is 581 g/mol. The van der Waals surface area contributed by atoms with Crippen molar-refractivity contribution in [1.29, 1.82) is 0 Å². The molecule has 14 heteroatoms. The maximum atomic E-state index is 12.6. The van der Waals surface area contributed by atoms with Crippen LogP contribution in [0.3, 0.4) is 0 Å². The highest BCUT2D eigenvalue weighted by molar-refractivity contribution is 7.80. The van der Waals surface area contributed by atoms with E-state index in [2.05, 4.69) is 30.8 Å². The lowest BCUT2D eigenvalue weighted by molar-refractivity contribution is -0.274. The molecule has 9 nitrogen and oxygen atoms in total. The number of amides is 2. The number of nitrogens with one attached hydrogen (secondary N) is 3. The van der Waals surface area contributed by atoms with Crippen molar-refractivity contribution in [2.45, 2.75) is 45.0 Å². The summed E-state index contributed by atoms with van der Waals surface area (Å²) in [5, 5.41) is 13.8. The number of alkyl halides is 3. The minimum absolute atomic E-state index is 0.149. The molecule has 0 bridgehead atoms. The van der Waals surface area contributed by atoms with Gasteiger partial charge in [0.1, 0.15) is 12.1 Å². The Morgan fingerprint density at radius 2 is 1.95 bits per heavy atom. The van der Waals surface area contributed by atoms with Crippen molar-refractivity contribution >= 4 is 46.6 Å². The van der Waals surface area contributed by atoms with Crippen LogP contribution in [-0.2, 0) is 0 Å². The van der Waals surface area contributed by atoms with Gasteiger partial charge in [0.2, 0.25) is 5.95 Å². The first-order chi connectivity index (χ1) is 18.5. The largest absolute Gasteiger partial charge is 0.573 e. The molecule has 2 heterocycles. The Hall–Kier alpha value is -3.58. The predicted octanol–water partition coefficient (Wildman–Crippen LogP) is 5.61. The van der Waals surface area contributed by atoms with E-state index < -0.39 is 12.4 Å². The third kappa shape index (κ3) is 7.96. The molecule has 3 N–H and O–H groups in total. The Bertz CT molecular complexity index is 1320. The fourth-order valence-corrected chi connectivity index (χ4v) is 4.59. The number of thiocarbonyl (C=S) groups is 1. The van der Waals surface area contributed by atoms with Gasteiger partial charge in [-0.15, -0.1) is 18.3 Å². The number of halogens is 4. The zero-order valence-corrected chi connectivity index (χ0v) is 22.7. The summed E-state index contributed by atoms with van der Waals surface area (Å²) in [5.74, 6) is 0.351. The molecule has 1 fully saturated rings. The smallest absolute Gasteiger partial charge is 0.406 e. The number of anilines is 2. The second kappa shape index (κ2) is 12.1. The molecule has 0 radical (unpaired) electrons. The number of hydrogen-bond donors (Lipinski definition) is 3. The number of carbonyl (C=O) groups is 1. The standard InChI is InChI=1S/C25H27ClF3N7O2S/c1-15(2)20-10-5-16(26)12-21(20)32-24(39)33-23(37)31-17-4-3-11-35(13-17)22-30-14-36(34-22)18-6-8-19(9-7-18)38-25(27,28)29/h5-10,12,14-15,17H,3-4,11,13H2,1-2H3,(H3,31,32,33,37,39). The second-order valence-electron chi connectivity index (χ2n) is 9.25. The fourth-order valence-electron chi connectivity index (χ4n) is 4.22. The first kappa shape index (κ1) is 28.4. The Morgan fingerprint density at radius 3 is 2.64 bits per heavy atom. The summed E-state index contributed by atoms with van der Waals surface area (Å²) in [6.07, 6.45) is -1.72. The molecule has 4 rings (SSSR count). The number of urea groups is 1. The highest BCUT2D eigenvalue weighted by Gasteiger charge is 2.31. The Labute approximate surface area is 233 Å². The highest BCUT2D eigenvalue weighted by Crippen LogP contribution is 2.27. The zero-order valence-electron chi connectivity index (χ0n) is 21.1.